The number of esters is 2. The molecule has 16 heteroatoms. The van der Waals surface area contributed by atoms with Crippen LogP contribution in [0, 0.1) is 11.8 Å². The second kappa shape index (κ2) is 17.4. The number of aromatic amines is 1. The lowest BCUT2D eigenvalue weighted by atomic mass is 9.86. The fraction of sp³-hybridized carbons (Fsp3) is 0.375. The number of rotatable bonds is 16. The van der Waals surface area contributed by atoms with Gasteiger partial charge in [0, 0.05) is 18.5 Å². The zero-order valence-electron chi connectivity index (χ0n) is 30.0. The largest absolute Gasteiger partial charge is 0.489 e. The van der Waals surface area contributed by atoms with Crippen LogP contribution in [0.25, 0.3) is 0 Å². The number of halogens is 4. The molecule has 4 aromatic rings. The Kier molecular flexibility index (Phi) is 12.4. The predicted molar refractivity (Wildman–Crippen MR) is 201 cm³/mol. The molecule has 4 aliphatic rings. The van der Waals surface area contributed by atoms with E-state index in [0.29, 0.717) is 35.8 Å². The van der Waals surface area contributed by atoms with Crippen LogP contribution in [0.4, 0.5) is 8.78 Å². The highest BCUT2D eigenvalue weighted by Crippen LogP contribution is 2.38. The van der Waals surface area contributed by atoms with E-state index >= 15 is 0 Å². The quantitative estimate of drug-likeness (QED) is 0.119. The second-order valence-corrected chi connectivity index (χ2v) is 16.7. The number of ether oxygens (including phenoxy) is 4. The van der Waals surface area contributed by atoms with Crippen molar-refractivity contribution in [3.8, 4) is 11.5 Å². The molecule has 3 saturated heterocycles. The Morgan fingerprint density at radius 1 is 0.893 bits per heavy atom. The number of nitrogens with zero attached hydrogens (tertiary/aromatic N) is 1. The fourth-order valence-corrected chi connectivity index (χ4v) is 8.66. The number of fused-ring (bicyclic) bond motifs is 3. The number of sulfonamides is 1. The van der Waals surface area contributed by atoms with Crippen LogP contribution < -0.4 is 19.2 Å². The molecule has 3 atom stereocenters. The van der Waals surface area contributed by atoms with E-state index in [1.807, 2.05) is 0 Å². The maximum absolute atomic E-state index is 13.7. The highest BCUT2D eigenvalue weighted by molar-refractivity contribution is 7.89. The van der Waals surface area contributed by atoms with Crippen LogP contribution >= 0.6 is 23.2 Å². The molecule has 2 bridgehead atoms. The minimum atomic E-state index is -4.31. The summed E-state index contributed by atoms with van der Waals surface area (Å²) in [5.41, 5.74) is 1.26. The number of hydrogen-bond donors (Lipinski definition) is 1. The van der Waals surface area contributed by atoms with Gasteiger partial charge in [0.1, 0.15) is 28.3 Å². The third-order valence-electron chi connectivity index (χ3n) is 10.3. The number of benzene rings is 3. The van der Waals surface area contributed by atoms with Crippen LogP contribution in [0.1, 0.15) is 64.9 Å². The third-order valence-corrected chi connectivity index (χ3v) is 12.4. The minimum Gasteiger partial charge on any atom is -0.489 e. The monoisotopic (exact) mass is 830 g/mol. The number of hydrogen-bond acceptors (Lipinski definition) is 9. The molecule has 1 aromatic heterocycles. The molecule has 0 spiro atoms. The van der Waals surface area contributed by atoms with E-state index in [9.17, 15) is 26.8 Å². The molecule has 1 aliphatic carbocycles. The first-order valence-corrected chi connectivity index (χ1v) is 20.5. The SMILES string of the molecule is O=C(O[C@@H](Cc1c(Cl)c[nH+]cc1Cl)c1ccc(OC(F)F)c(OCC2CC2)c1)c1ccc(S(=O)(=O)NC(C(=O)O[C@H]2CN3CCC2CC3)c2ccccc2)cc1. The highest BCUT2D eigenvalue weighted by Gasteiger charge is 2.39. The smallest absolute Gasteiger partial charge is 0.387 e. The van der Waals surface area contributed by atoms with Gasteiger partial charge < -0.3 is 18.9 Å². The lowest BCUT2D eigenvalue weighted by molar-refractivity contribution is -0.377. The summed E-state index contributed by atoms with van der Waals surface area (Å²) in [7, 11) is -4.31. The number of aromatic nitrogens is 1. The first kappa shape index (κ1) is 39.9. The van der Waals surface area contributed by atoms with Gasteiger partial charge in [-0.25, -0.2) is 23.0 Å². The summed E-state index contributed by atoms with van der Waals surface area (Å²) < 4.78 is 79.0. The maximum atomic E-state index is 13.7. The van der Waals surface area contributed by atoms with E-state index in [4.69, 9.17) is 42.1 Å². The number of carbonyl (C=O) groups is 2. The molecule has 0 amide bonds. The zero-order chi connectivity index (χ0) is 39.4. The van der Waals surface area contributed by atoms with Crippen molar-refractivity contribution in [2.24, 2.45) is 11.8 Å². The van der Waals surface area contributed by atoms with Gasteiger partial charge in [-0.05, 0) is 98.1 Å². The molecule has 3 aromatic carbocycles. The number of H-pyrrole nitrogens is 1. The van der Waals surface area contributed by atoms with Crippen molar-refractivity contribution >= 4 is 45.2 Å². The molecule has 0 radical (unpaired) electrons. The average molecular weight is 832 g/mol. The van der Waals surface area contributed by atoms with Gasteiger partial charge in [0.05, 0.1) is 17.1 Å². The summed E-state index contributed by atoms with van der Waals surface area (Å²) in [6.45, 7) is -0.271. The third kappa shape index (κ3) is 9.78. The predicted octanol–water partition coefficient (Wildman–Crippen LogP) is 7.00. The van der Waals surface area contributed by atoms with Gasteiger partial charge in [-0.2, -0.15) is 13.5 Å². The van der Waals surface area contributed by atoms with Crippen molar-refractivity contribution in [1.82, 2.24) is 9.62 Å². The van der Waals surface area contributed by atoms with Crippen LogP contribution in [0.15, 0.2) is 90.1 Å². The summed E-state index contributed by atoms with van der Waals surface area (Å²) in [5.74, 6) is -1.11. The molecule has 56 heavy (non-hydrogen) atoms. The normalized spacial score (nSPS) is 20.3. The van der Waals surface area contributed by atoms with Crippen LogP contribution in [0.2, 0.25) is 10.0 Å². The standard InChI is InChI=1S/C40H39Cl2F2N3O8S/c41-31-20-45-21-32(42)30(31)19-34(28-10-13-33(55-40(43)44)35(18-28)52-23-24-6-7-24)53-38(48)27-8-11-29(12-9-27)56(50,51)46-37(26-4-2-1-3-5-26)39(49)54-36-22-47-16-14-25(36)15-17-47/h1-5,8-13,18,20-21,24-25,34,36-37,40,46H,6-7,14-17,19,22-23H2/p+1/t34-,36-,37?/m0/s1. The van der Waals surface area contributed by atoms with Gasteiger partial charge in [-0.1, -0.05) is 59.6 Å². The van der Waals surface area contributed by atoms with E-state index in [0.717, 1.165) is 38.8 Å². The van der Waals surface area contributed by atoms with E-state index < -0.39 is 40.7 Å². The number of nitrogens with one attached hydrogen (secondary N) is 2. The summed E-state index contributed by atoms with van der Waals surface area (Å²) in [5, 5.41) is 0.537. The minimum absolute atomic E-state index is 0.0109. The Morgan fingerprint density at radius 2 is 1.59 bits per heavy atom. The molecular formula is C40H40Cl2F2N3O8S+. The molecule has 4 fully saturated rings. The van der Waals surface area contributed by atoms with Crippen molar-refractivity contribution in [3.63, 3.8) is 0 Å². The molecule has 296 valence electrons. The summed E-state index contributed by atoms with van der Waals surface area (Å²) in [6, 6.07) is 16.5. The molecule has 3 aliphatic heterocycles. The zero-order valence-corrected chi connectivity index (χ0v) is 32.4. The van der Waals surface area contributed by atoms with Crippen molar-refractivity contribution in [2.45, 2.75) is 61.9 Å². The topological polar surface area (TPSA) is 135 Å². The van der Waals surface area contributed by atoms with Crippen LogP contribution in [-0.2, 0) is 30.7 Å². The molecular weight excluding hydrogens is 791 g/mol. The van der Waals surface area contributed by atoms with Crippen molar-refractivity contribution < 1.29 is 50.7 Å². The van der Waals surface area contributed by atoms with Crippen LogP contribution in [-0.4, -0.2) is 64.2 Å². The molecule has 2 N–H and O–H groups in total. The summed E-state index contributed by atoms with van der Waals surface area (Å²) in [6.07, 6.45) is 5.39. The Balaban J connectivity index is 1.10. The Bertz CT molecular complexity index is 2120. The van der Waals surface area contributed by atoms with Crippen molar-refractivity contribution in [1.29, 1.82) is 0 Å². The van der Waals surface area contributed by atoms with E-state index in [1.165, 1.54) is 54.9 Å². The van der Waals surface area contributed by atoms with Crippen LogP contribution in [0.3, 0.4) is 0 Å². The summed E-state index contributed by atoms with van der Waals surface area (Å²) in [4.78, 5) is 32.1. The number of carbonyl (C=O) groups excluding carboxylic acids is 2. The van der Waals surface area contributed by atoms with Gasteiger partial charge >= 0.3 is 18.6 Å². The van der Waals surface area contributed by atoms with Gasteiger partial charge in [-0.15, -0.1) is 0 Å². The van der Waals surface area contributed by atoms with Gasteiger partial charge in [-0.3, -0.25) is 4.90 Å². The van der Waals surface area contributed by atoms with Gasteiger partial charge in [0.2, 0.25) is 10.0 Å². The fourth-order valence-electron chi connectivity index (χ4n) is 6.96. The maximum Gasteiger partial charge on any atom is 0.387 e. The lowest BCUT2D eigenvalue weighted by Gasteiger charge is -2.44. The van der Waals surface area contributed by atoms with Gasteiger partial charge in [0.15, 0.2) is 23.9 Å². The first-order chi connectivity index (χ1) is 26.9. The van der Waals surface area contributed by atoms with E-state index in [2.05, 4.69) is 14.6 Å². The molecule has 4 heterocycles. The Hall–Kier alpha value is -4.34. The summed E-state index contributed by atoms with van der Waals surface area (Å²) >= 11 is 12.9. The van der Waals surface area contributed by atoms with Gasteiger partial charge in [0.25, 0.3) is 0 Å². The molecule has 11 nitrogen and oxygen atoms in total. The Labute approximate surface area is 333 Å². The molecule has 8 rings (SSSR count). The average Bonchev–Trinajstić information content (AvgIpc) is 4.03. The van der Waals surface area contributed by atoms with Crippen LogP contribution in [0.5, 0.6) is 11.5 Å². The lowest BCUT2D eigenvalue weighted by Crippen LogP contribution is -2.52. The Morgan fingerprint density at radius 3 is 2.21 bits per heavy atom. The first-order valence-electron chi connectivity index (χ1n) is 18.3. The second-order valence-electron chi connectivity index (χ2n) is 14.2. The number of piperidine rings is 3. The van der Waals surface area contributed by atoms with E-state index in [-0.39, 0.29) is 50.4 Å². The highest BCUT2D eigenvalue weighted by atomic mass is 35.5. The number of pyridine rings is 1. The van der Waals surface area contributed by atoms with E-state index in [1.54, 1.807) is 30.3 Å². The molecule has 1 saturated carbocycles. The van der Waals surface area contributed by atoms with Crippen molar-refractivity contribution in [3.05, 3.63) is 117 Å². The van der Waals surface area contributed by atoms with Crippen molar-refractivity contribution in [2.75, 3.05) is 26.2 Å². The molecule has 1 unspecified atom stereocenters. The number of alkyl halides is 2.